The van der Waals surface area contributed by atoms with Gasteiger partial charge in [-0.05, 0) is 81.0 Å². The zero-order chi connectivity index (χ0) is 18.1. The SMILES string of the molecule is CC1(c2cccc3cc(C(=O)NC4C5CCN(CC5)C4(C)C)sc23)CC1.Cl. The molecule has 3 saturated heterocycles. The Morgan fingerprint density at radius 3 is 2.52 bits per heavy atom. The molecule has 1 amide bonds. The number of carbonyl (C=O) groups excluding carboxylic acids is 1. The van der Waals surface area contributed by atoms with Crippen molar-refractivity contribution in [2.45, 2.75) is 63.5 Å². The average Bonchev–Trinajstić information content (AvgIpc) is 3.21. The predicted molar refractivity (Wildman–Crippen MR) is 115 cm³/mol. The Balaban J connectivity index is 0.00000180. The molecule has 2 bridgehead atoms. The molecule has 5 heteroatoms. The smallest absolute Gasteiger partial charge is 0.261 e. The highest BCUT2D eigenvalue weighted by Gasteiger charge is 2.48. The molecule has 0 radical (unpaired) electrons. The van der Waals surface area contributed by atoms with Crippen molar-refractivity contribution >= 4 is 39.7 Å². The van der Waals surface area contributed by atoms with Gasteiger partial charge in [0.1, 0.15) is 0 Å². The maximum atomic E-state index is 13.1. The van der Waals surface area contributed by atoms with E-state index in [9.17, 15) is 4.79 Å². The predicted octanol–water partition coefficient (Wildman–Crippen LogP) is 4.98. The second-order valence-corrected chi connectivity index (χ2v) is 10.4. The van der Waals surface area contributed by atoms with Crippen LogP contribution in [0.2, 0.25) is 0 Å². The second kappa shape index (κ2) is 6.47. The number of nitrogens with zero attached hydrogens (tertiary/aromatic N) is 1. The molecule has 1 aromatic carbocycles. The molecular formula is C22H29ClN2OS. The fourth-order valence-corrected chi connectivity index (χ4v) is 6.42. The summed E-state index contributed by atoms with van der Waals surface area (Å²) in [4.78, 5) is 16.5. The van der Waals surface area contributed by atoms with Crippen molar-refractivity contribution in [1.82, 2.24) is 10.2 Å². The Morgan fingerprint density at radius 1 is 1.19 bits per heavy atom. The van der Waals surface area contributed by atoms with Gasteiger partial charge in [-0.15, -0.1) is 23.7 Å². The summed E-state index contributed by atoms with van der Waals surface area (Å²) in [5.74, 6) is 0.735. The molecule has 1 saturated carbocycles. The maximum Gasteiger partial charge on any atom is 0.261 e. The van der Waals surface area contributed by atoms with Crippen LogP contribution >= 0.6 is 23.7 Å². The number of hydrogen-bond donors (Lipinski definition) is 1. The molecule has 1 aliphatic carbocycles. The number of halogens is 1. The van der Waals surface area contributed by atoms with E-state index in [0.29, 0.717) is 11.3 Å². The number of hydrogen-bond acceptors (Lipinski definition) is 3. The summed E-state index contributed by atoms with van der Waals surface area (Å²) in [6, 6.07) is 8.90. The van der Waals surface area contributed by atoms with Crippen LogP contribution in [0.5, 0.6) is 0 Å². The standard InChI is InChI=1S/C22H28N2OS.ClH/c1-21(2)19(14-7-11-24(21)12-8-14)23-20(25)17-13-15-5-4-6-16(18(15)26-17)22(3)9-10-22;/h4-6,13-14,19H,7-12H2,1-3H3,(H,23,25);1H. The van der Waals surface area contributed by atoms with Crippen molar-refractivity contribution in [3.8, 4) is 0 Å². The van der Waals surface area contributed by atoms with Crippen LogP contribution in [0.3, 0.4) is 0 Å². The first kappa shape index (κ1) is 19.2. The van der Waals surface area contributed by atoms with Crippen LogP contribution in [0, 0.1) is 5.92 Å². The van der Waals surface area contributed by atoms with Crippen LogP contribution in [0.25, 0.3) is 10.1 Å². The molecular weight excluding hydrogens is 376 g/mol. The third-order valence-corrected chi connectivity index (χ3v) is 8.47. The third kappa shape index (κ3) is 3.01. The molecule has 4 fully saturated rings. The van der Waals surface area contributed by atoms with E-state index in [4.69, 9.17) is 0 Å². The lowest BCUT2D eigenvalue weighted by atomic mass is 9.72. The number of amides is 1. The minimum atomic E-state index is 0. The maximum absolute atomic E-state index is 13.1. The molecule has 1 atom stereocenters. The molecule has 1 unspecified atom stereocenters. The lowest BCUT2D eigenvalue weighted by Gasteiger charge is -2.56. The summed E-state index contributed by atoms with van der Waals surface area (Å²) < 4.78 is 1.31. The van der Waals surface area contributed by atoms with Gasteiger partial charge in [-0.2, -0.15) is 0 Å². The number of thiophene rings is 1. The van der Waals surface area contributed by atoms with E-state index in [-0.39, 0.29) is 29.9 Å². The van der Waals surface area contributed by atoms with Crippen molar-refractivity contribution in [2.75, 3.05) is 13.1 Å². The van der Waals surface area contributed by atoms with Gasteiger partial charge in [-0.25, -0.2) is 0 Å². The molecule has 27 heavy (non-hydrogen) atoms. The van der Waals surface area contributed by atoms with E-state index < -0.39 is 0 Å². The first-order chi connectivity index (χ1) is 12.4. The summed E-state index contributed by atoms with van der Waals surface area (Å²) in [7, 11) is 0. The normalized spacial score (nSPS) is 30.0. The fraction of sp³-hybridized carbons (Fsp3) is 0.591. The quantitative estimate of drug-likeness (QED) is 0.782. The molecule has 146 valence electrons. The Bertz CT molecular complexity index is 878. The second-order valence-electron chi connectivity index (χ2n) is 9.32. The van der Waals surface area contributed by atoms with Gasteiger partial charge in [0.2, 0.25) is 0 Å². The highest BCUT2D eigenvalue weighted by Crippen LogP contribution is 2.51. The van der Waals surface area contributed by atoms with Crippen molar-refractivity contribution in [1.29, 1.82) is 0 Å². The number of fused-ring (bicyclic) bond motifs is 4. The first-order valence-electron chi connectivity index (χ1n) is 9.97. The zero-order valence-corrected chi connectivity index (χ0v) is 18.0. The van der Waals surface area contributed by atoms with E-state index in [1.807, 2.05) is 0 Å². The molecule has 1 aromatic heterocycles. The number of rotatable bonds is 3. The minimum Gasteiger partial charge on any atom is -0.346 e. The molecule has 2 aromatic rings. The van der Waals surface area contributed by atoms with Gasteiger partial charge in [-0.3, -0.25) is 9.69 Å². The fourth-order valence-electron chi connectivity index (χ4n) is 5.20. The van der Waals surface area contributed by atoms with Crippen LogP contribution < -0.4 is 5.32 Å². The van der Waals surface area contributed by atoms with Crippen LogP contribution in [-0.4, -0.2) is 35.5 Å². The van der Waals surface area contributed by atoms with Crippen molar-refractivity contribution in [3.63, 3.8) is 0 Å². The number of carbonyl (C=O) groups is 1. The third-order valence-electron chi connectivity index (χ3n) is 7.29. The Hall–Kier alpha value is -1.10. The molecule has 1 N–H and O–H groups in total. The lowest BCUT2D eigenvalue weighted by molar-refractivity contribution is -0.0377. The Kier molecular flexibility index (Phi) is 4.60. The largest absolute Gasteiger partial charge is 0.346 e. The van der Waals surface area contributed by atoms with Gasteiger partial charge in [-0.1, -0.05) is 25.1 Å². The number of benzene rings is 1. The van der Waals surface area contributed by atoms with E-state index in [1.54, 1.807) is 11.3 Å². The number of nitrogens with one attached hydrogen (secondary N) is 1. The van der Waals surface area contributed by atoms with Gasteiger partial charge in [0.15, 0.2) is 0 Å². The summed E-state index contributed by atoms with van der Waals surface area (Å²) in [6.45, 7) is 9.28. The van der Waals surface area contributed by atoms with Gasteiger partial charge in [0, 0.05) is 16.3 Å². The summed E-state index contributed by atoms with van der Waals surface area (Å²) in [5.41, 5.74) is 1.82. The number of piperidine rings is 3. The van der Waals surface area contributed by atoms with Crippen LogP contribution in [-0.2, 0) is 5.41 Å². The Labute approximate surface area is 171 Å². The minimum absolute atomic E-state index is 0. The highest BCUT2D eigenvalue weighted by atomic mass is 35.5. The highest BCUT2D eigenvalue weighted by molar-refractivity contribution is 7.21. The molecule has 6 rings (SSSR count). The van der Waals surface area contributed by atoms with E-state index in [2.05, 4.69) is 55.3 Å². The van der Waals surface area contributed by atoms with E-state index >= 15 is 0 Å². The van der Waals surface area contributed by atoms with Gasteiger partial charge >= 0.3 is 0 Å². The van der Waals surface area contributed by atoms with Crippen LogP contribution in [0.4, 0.5) is 0 Å². The first-order valence-corrected chi connectivity index (χ1v) is 10.8. The van der Waals surface area contributed by atoms with Gasteiger partial charge in [0.05, 0.1) is 4.88 Å². The van der Waals surface area contributed by atoms with Crippen molar-refractivity contribution in [2.24, 2.45) is 5.92 Å². The summed E-state index contributed by atoms with van der Waals surface area (Å²) in [6.07, 6.45) is 4.95. The van der Waals surface area contributed by atoms with Crippen LogP contribution in [0.15, 0.2) is 24.3 Å². The topological polar surface area (TPSA) is 32.3 Å². The van der Waals surface area contributed by atoms with Gasteiger partial charge in [0.25, 0.3) is 5.91 Å². The zero-order valence-electron chi connectivity index (χ0n) is 16.4. The van der Waals surface area contributed by atoms with Crippen molar-refractivity contribution < 1.29 is 4.79 Å². The Morgan fingerprint density at radius 2 is 1.89 bits per heavy atom. The monoisotopic (exact) mass is 404 g/mol. The summed E-state index contributed by atoms with van der Waals surface area (Å²) in [5, 5.41) is 4.64. The molecule has 3 nitrogen and oxygen atoms in total. The summed E-state index contributed by atoms with van der Waals surface area (Å²) >= 11 is 1.68. The van der Waals surface area contributed by atoms with E-state index in [1.165, 1.54) is 54.4 Å². The molecule has 4 heterocycles. The van der Waals surface area contributed by atoms with E-state index in [0.717, 1.165) is 4.88 Å². The molecule has 4 aliphatic rings. The average molecular weight is 405 g/mol. The lowest BCUT2D eigenvalue weighted by Crippen LogP contribution is -2.69. The van der Waals surface area contributed by atoms with Gasteiger partial charge < -0.3 is 5.32 Å². The molecule has 3 aliphatic heterocycles. The molecule has 0 spiro atoms. The van der Waals surface area contributed by atoms with Crippen LogP contribution in [0.1, 0.15) is 61.7 Å². The van der Waals surface area contributed by atoms with Crippen molar-refractivity contribution in [3.05, 3.63) is 34.7 Å².